The first kappa shape index (κ1) is 16.6. The standard InChI is InChI=1S/C15H17FN4O3/c1-10-15(20(22)23)11(2)19(18-10)9-14(21)17-7-6-12-4-3-5-13(16)8-12/h3-5,8H,6-7,9H2,1-2H3,(H,17,21). The van der Waals surface area contributed by atoms with Gasteiger partial charge in [-0.25, -0.2) is 4.39 Å². The monoisotopic (exact) mass is 320 g/mol. The van der Waals surface area contributed by atoms with Crippen molar-refractivity contribution in [3.8, 4) is 0 Å². The highest BCUT2D eigenvalue weighted by molar-refractivity contribution is 5.75. The molecular formula is C15H17FN4O3. The number of halogens is 1. The second-order valence-corrected chi connectivity index (χ2v) is 5.16. The Morgan fingerprint density at radius 2 is 2.17 bits per heavy atom. The van der Waals surface area contributed by atoms with Gasteiger partial charge in [0.15, 0.2) is 0 Å². The Morgan fingerprint density at radius 3 is 2.78 bits per heavy atom. The van der Waals surface area contributed by atoms with E-state index in [9.17, 15) is 19.3 Å². The van der Waals surface area contributed by atoms with Gasteiger partial charge in [0.1, 0.15) is 23.7 Å². The van der Waals surface area contributed by atoms with Crippen LogP contribution in [0.15, 0.2) is 24.3 Å². The van der Waals surface area contributed by atoms with Crippen molar-refractivity contribution in [2.45, 2.75) is 26.8 Å². The Morgan fingerprint density at radius 1 is 1.43 bits per heavy atom. The summed E-state index contributed by atoms with van der Waals surface area (Å²) >= 11 is 0. The number of hydrogen-bond donors (Lipinski definition) is 1. The van der Waals surface area contributed by atoms with E-state index in [4.69, 9.17) is 0 Å². The maximum Gasteiger partial charge on any atom is 0.312 e. The second-order valence-electron chi connectivity index (χ2n) is 5.16. The minimum atomic E-state index is -0.504. The number of aryl methyl sites for hydroxylation is 1. The van der Waals surface area contributed by atoms with Crippen LogP contribution in [0.25, 0.3) is 0 Å². The summed E-state index contributed by atoms with van der Waals surface area (Å²) in [6.45, 7) is 3.34. The van der Waals surface area contributed by atoms with Crippen LogP contribution in [0.3, 0.4) is 0 Å². The molecule has 2 rings (SSSR count). The fraction of sp³-hybridized carbons (Fsp3) is 0.333. The van der Waals surface area contributed by atoms with E-state index in [1.807, 2.05) is 0 Å². The molecule has 2 aromatic rings. The average molecular weight is 320 g/mol. The average Bonchev–Trinajstić information content (AvgIpc) is 2.73. The number of benzene rings is 1. The first-order valence-corrected chi connectivity index (χ1v) is 7.08. The third kappa shape index (κ3) is 4.12. The molecule has 23 heavy (non-hydrogen) atoms. The fourth-order valence-electron chi connectivity index (χ4n) is 2.34. The summed E-state index contributed by atoms with van der Waals surface area (Å²) in [4.78, 5) is 22.3. The quantitative estimate of drug-likeness (QED) is 0.650. The molecule has 0 aliphatic rings. The summed E-state index contributed by atoms with van der Waals surface area (Å²) in [6.07, 6.45) is 0.501. The van der Waals surface area contributed by atoms with Gasteiger partial charge in [0.25, 0.3) is 0 Å². The first-order chi connectivity index (χ1) is 10.9. The van der Waals surface area contributed by atoms with Gasteiger partial charge in [0.05, 0.1) is 4.92 Å². The predicted molar refractivity (Wildman–Crippen MR) is 81.5 cm³/mol. The van der Waals surface area contributed by atoms with Crippen LogP contribution < -0.4 is 5.32 Å². The molecule has 0 radical (unpaired) electrons. The summed E-state index contributed by atoms with van der Waals surface area (Å²) in [5.74, 6) is -0.620. The molecule has 0 bridgehead atoms. The molecule has 0 fully saturated rings. The number of nitro groups is 1. The molecule has 0 saturated carbocycles. The summed E-state index contributed by atoms with van der Waals surface area (Å²) in [6, 6.07) is 6.16. The summed E-state index contributed by atoms with van der Waals surface area (Å²) in [5, 5.41) is 17.6. The van der Waals surface area contributed by atoms with Gasteiger partial charge in [-0.3, -0.25) is 19.6 Å². The van der Waals surface area contributed by atoms with Gasteiger partial charge < -0.3 is 5.32 Å². The number of amides is 1. The highest BCUT2D eigenvalue weighted by Crippen LogP contribution is 2.21. The molecule has 0 spiro atoms. The number of nitrogens with zero attached hydrogens (tertiary/aromatic N) is 3. The zero-order valence-electron chi connectivity index (χ0n) is 12.9. The first-order valence-electron chi connectivity index (χ1n) is 7.08. The van der Waals surface area contributed by atoms with Gasteiger partial charge in [-0.05, 0) is 38.0 Å². The molecule has 1 amide bonds. The number of carbonyl (C=O) groups excluding carboxylic acids is 1. The van der Waals surface area contributed by atoms with Crippen molar-refractivity contribution >= 4 is 11.6 Å². The molecule has 8 heteroatoms. The molecule has 0 aliphatic heterocycles. The SMILES string of the molecule is Cc1nn(CC(=O)NCCc2cccc(F)c2)c(C)c1[N+](=O)[O-]. The minimum absolute atomic E-state index is 0.0717. The zero-order valence-corrected chi connectivity index (χ0v) is 12.9. The van der Waals surface area contributed by atoms with E-state index < -0.39 is 4.92 Å². The van der Waals surface area contributed by atoms with Crippen molar-refractivity contribution in [1.29, 1.82) is 0 Å². The van der Waals surface area contributed by atoms with Gasteiger partial charge in [-0.15, -0.1) is 0 Å². The molecule has 0 aliphatic carbocycles. The fourth-order valence-corrected chi connectivity index (χ4v) is 2.34. The maximum absolute atomic E-state index is 13.0. The number of carbonyl (C=O) groups is 1. The Labute approximate surface area is 132 Å². The number of aromatic nitrogens is 2. The summed E-state index contributed by atoms with van der Waals surface area (Å²) < 4.78 is 14.3. The van der Waals surface area contributed by atoms with E-state index in [-0.39, 0.29) is 29.7 Å². The van der Waals surface area contributed by atoms with Gasteiger partial charge in [-0.1, -0.05) is 12.1 Å². The smallest absolute Gasteiger partial charge is 0.312 e. The van der Waals surface area contributed by atoms with Crippen LogP contribution in [0.1, 0.15) is 17.0 Å². The van der Waals surface area contributed by atoms with E-state index in [2.05, 4.69) is 10.4 Å². The molecule has 1 aromatic carbocycles. The molecule has 0 saturated heterocycles. The van der Waals surface area contributed by atoms with Crippen LogP contribution in [-0.2, 0) is 17.8 Å². The van der Waals surface area contributed by atoms with E-state index in [1.54, 1.807) is 19.1 Å². The minimum Gasteiger partial charge on any atom is -0.354 e. The van der Waals surface area contributed by atoms with Crippen molar-refractivity contribution in [3.05, 3.63) is 57.1 Å². The van der Waals surface area contributed by atoms with Gasteiger partial charge in [0.2, 0.25) is 5.91 Å². The van der Waals surface area contributed by atoms with Crippen LogP contribution in [0, 0.1) is 29.8 Å². The molecule has 1 aromatic heterocycles. The topological polar surface area (TPSA) is 90.1 Å². The van der Waals surface area contributed by atoms with Crippen molar-refractivity contribution < 1.29 is 14.1 Å². The molecule has 0 atom stereocenters. The Bertz CT molecular complexity index is 742. The summed E-state index contributed by atoms with van der Waals surface area (Å²) in [7, 11) is 0. The van der Waals surface area contributed by atoms with Gasteiger partial charge in [-0.2, -0.15) is 5.10 Å². The highest BCUT2D eigenvalue weighted by Gasteiger charge is 2.22. The van der Waals surface area contributed by atoms with E-state index in [0.29, 0.717) is 18.7 Å². The van der Waals surface area contributed by atoms with E-state index in [0.717, 1.165) is 5.56 Å². The van der Waals surface area contributed by atoms with Crippen LogP contribution in [-0.4, -0.2) is 27.2 Å². The number of rotatable bonds is 6. The lowest BCUT2D eigenvalue weighted by Crippen LogP contribution is -2.30. The lowest BCUT2D eigenvalue weighted by Gasteiger charge is -2.06. The largest absolute Gasteiger partial charge is 0.354 e. The summed E-state index contributed by atoms with van der Waals surface area (Å²) in [5.41, 5.74) is 1.33. The van der Waals surface area contributed by atoms with Gasteiger partial charge >= 0.3 is 5.69 Å². The molecular weight excluding hydrogens is 303 g/mol. The highest BCUT2D eigenvalue weighted by atomic mass is 19.1. The number of nitrogens with one attached hydrogen (secondary N) is 1. The maximum atomic E-state index is 13.0. The third-order valence-electron chi connectivity index (χ3n) is 3.44. The molecule has 7 nitrogen and oxygen atoms in total. The Hall–Kier alpha value is -2.77. The van der Waals surface area contributed by atoms with E-state index in [1.165, 1.54) is 23.7 Å². The molecule has 122 valence electrons. The van der Waals surface area contributed by atoms with E-state index >= 15 is 0 Å². The van der Waals surface area contributed by atoms with Crippen LogP contribution in [0.4, 0.5) is 10.1 Å². The predicted octanol–water partition coefficient (Wildman–Crippen LogP) is 1.91. The molecule has 1 heterocycles. The lowest BCUT2D eigenvalue weighted by atomic mass is 10.1. The second kappa shape index (κ2) is 6.99. The van der Waals surface area contributed by atoms with Crippen LogP contribution in [0.5, 0.6) is 0 Å². The molecule has 0 unspecified atom stereocenters. The Balaban J connectivity index is 1.90. The van der Waals surface area contributed by atoms with Crippen LogP contribution >= 0.6 is 0 Å². The number of hydrogen-bond acceptors (Lipinski definition) is 4. The lowest BCUT2D eigenvalue weighted by molar-refractivity contribution is -0.386. The zero-order chi connectivity index (χ0) is 17.0. The van der Waals surface area contributed by atoms with Crippen molar-refractivity contribution in [2.24, 2.45) is 0 Å². The van der Waals surface area contributed by atoms with Crippen molar-refractivity contribution in [1.82, 2.24) is 15.1 Å². The van der Waals surface area contributed by atoms with Crippen LogP contribution in [0.2, 0.25) is 0 Å². The Kier molecular flexibility index (Phi) is 5.05. The van der Waals surface area contributed by atoms with Crippen molar-refractivity contribution in [2.75, 3.05) is 6.54 Å². The molecule has 1 N–H and O–H groups in total. The third-order valence-corrected chi connectivity index (χ3v) is 3.44. The van der Waals surface area contributed by atoms with Gasteiger partial charge in [0, 0.05) is 6.54 Å². The van der Waals surface area contributed by atoms with Crippen molar-refractivity contribution in [3.63, 3.8) is 0 Å². The normalized spacial score (nSPS) is 10.6.